The summed E-state index contributed by atoms with van der Waals surface area (Å²) in [6.45, 7) is 2.24. The summed E-state index contributed by atoms with van der Waals surface area (Å²) in [5, 5.41) is 12.5. The predicted molar refractivity (Wildman–Crippen MR) is 79.0 cm³/mol. The molecule has 1 aromatic heterocycles. The summed E-state index contributed by atoms with van der Waals surface area (Å²) < 4.78 is 6.58. The predicted octanol–water partition coefficient (Wildman–Crippen LogP) is 3.49. The Kier molecular flexibility index (Phi) is 5.19. The van der Waals surface area contributed by atoms with E-state index < -0.39 is 0 Å². The van der Waals surface area contributed by atoms with Gasteiger partial charge in [-0.15, -0.1) is 0 Å². The maximum absolute atomic E-state index is 9.02. The summed E-state index contributed by atoms with van der Waals surface area (Å²) in [5.74, 6) is 0.882. The fraction of sp³-hybridized carbons (Fsp3) is 0.333. The molecule has 0 aliphatic heterocycles. The van der Waals surface area contributed by atoms with Gasteiger partial charge in [-0.25, -0.2) is 0 Å². The molecule has 0 spiro atoms. The van der Waals surface area contributed by atoms with Crippen molar-refractivity contribution in [2.75, 3.05) is 6.61 Å². The van der Waals surface area contributed by atoms with Crippen molar-refractivity contribution in [2.24, 2.45) is 0 Å². The van der Waals surface area contributed by atoms with Crippen molar-refractivity contribution in [1.29, 1.82) is 0 Å². The Morgan fingerprint density at radius 1 is 1.26 bits per heavy atom. The van der Waals surface area contributed by atoms with Gasteiger partial charge < -0.3 is 14.8 Å². The minimum absolute atomic E-state index is 0.00431. The molecule has 1 heterocycles. The van der Waals surface area contributed by atoms with E-state index in [1.54, 1.807) is 6.26 Å². The van der Waals surface area contributed by atoms with E-state index in [0.717, 1.165) is 15.8 Å². The van der Waals surface area contributed by atoms with E-state index in [-0.39, 0.29) is 18.7 Å². The molecule has 2 N–H and O–H groups in total. The van der Waals surface area contributed by atoms with Gasteiger partial charge in [0.15, 0.2) is 0 Å². The molecule has 0 saturated heterocycles. The van der Waals surface area contributed by atoms with E-state index in [9.17, 15) is 0 Å². The van der Waals surface area contributed by atoms with Crippen molar-refractivity contribution in [3.63, 3.8) is 0 Å². The van der Waals surface area contributed by atoms with Crippen LogP contribution in [0.25, 0.3) is 0 Å². The van der Waals surface area contributed by atoms with Crippen LogP contribution in [0.4, 0.5) is 0 Å². The topological polar surface area (TPSA) is 45.4 Å². The largest absolute Gasteiger partial charge is 0.467 e. The third-order valence-electron chi connectivity index (χ3n) is 3.04. The molecule has 2 aromatic rings. The second-order valence-electron chi connectivity index (χ2n) is 4.58. The fourth-order valence-corrected chi connectivity index (χ4v) is 2.28. The van der Waals surface area contributed by atoms with Crippen LogP contribution in [0.1, 0.15) is 30.7 Å². The average molecular weight is 324 g/mol. The number of furan rings is 1. The number of benzene rings is 1. The molecule has 1 aromatic carbocycles. The van der Waals surface area contributed by atoms with Gasteiger partial charge in [0.1, 0.15) is 5.76 Å². The zero-order valence-electron chi connectivity index (χ0n) is 10.8. The summed E-state index contributed by atoms with van der Waals surface area (Å²) in [4.78, 5) is 0. The van der Waals surface area contributed by atoms with Gasteiger partial charge >= 0.3 is 0 Å². The second kappa shape index (κ2) is 6.89. The second-order valence-corrected chi connectivity index (χ2v) is 5.50. The Bertz CT molecular complexity index is 481. The van der Waals surface area contributed by atoms with Crippen molar-refractivity contribution < 1.29 is 9.52 Å². The fourth-order valence-electron chi connectivity index (χ4n) is 2.01. The van der Waals surface area contributed by atoms with Crippen LogP contribution in [0.2, 0.25) is 0 Å². The molecule has 102 valence electrons. The Morgan fingerprint density at radius 2 is 2.00 bits per heavy atom. The number of aliphatic hydroxyl groups is 1. The van der Waals surface area contributed by atoms with E-state index in [1.807, 2.05) is 24.3 Å². The average Bonchev–Trinajstić information content (AvgIpc) is 2.91. The van der Waals surface area contributed by atoms with E-state index >= 15 is 0 Å². The van der Waals surface area contributed by atoms with E-state index in [2.05, 4.69) is 40.3 Å². The summed E-state index contributed by atoms with van der Waals surface area (Å²) in [6.07, 6.45) is 2.40. The van der Waals surface area contributed by atoms with Crippen LogP contribution in [0.15, 0.2) is 51.6 Å². The van der Waals surface area contributed by atoms with Crippen molar-refractivity contribution in [2.45, 2.75) is 25.4 Å². The number of nitrogens with one attached hydrogen (secondary N) is 1. The SMILES string of the molecule is C[C@@H](CCO)N[C@H](c1ccc(Br)cc1)c1ccco1. The molecule has 0 aliphatic rings. The van der Waals surface area contributed by atoms with Crippen molar-refractivity contribution in [1.82, 2.24) is 5.32 Å². The quantitative estimate of drug-likeness (QED) is 0.855. The maximum atomic E-state index is 9.02. The molecule has 19 heavy (non-hydrogen) atoms. The molecular formula is C15H18BrNO2. The normalized spacial score (nSPS) is 14.3. The minimum Gasteiger partial charge on any atom is -0.467 e. The van der Waals surface area contributed by atoms with Gasteiger partial charge in [-0.05, 0) is 43.2 Å². The Hall–Kier alpha value is -1.10. The molecule has 0 unspecified atom stereocenters. The van der Waals surface area contributed by atoms with Crippen LogP contribution in [-0.4, -0.2) is 17.8 Å². The molecule has 3 nitrogen and oxygen atoms in total. The molecule has 2 atom stereocenters. The summed E-state index contributed by atoms with van der Waals surface area (Å²) in [7, 11) is 0. The van der Waals surface area contributed by atoms with Crippen LogP contribution < -0.4 is 5.32 Å². The molecule has 0 aliphatic carbocycles. The lowest BCUT2D eigenvalue weighted by molar-refractivity contribution is 0.263. The maximum Gasteiger partial charge on any atom is 0.125 e. The number of hydrogen-bond donors (Lipinski definition) is 2. The summed E-state index contributed by atoms with van der Waals surface area (Å²) in [6, 6.07) is 12.2. The van der Waals surface area contributed by atoms with Gasteiger partial charge in [-0.3, -0.25) is 0 Å². The Morgan fingerprint density at radius 3 is 2.58 bits per heavy atom. The minimum atomic E-state index is 0.00431. The van der Waals surface area contributed by atoms with Crippen molar-refractivity contribution in [3.05, 3.63) is 58.5 Å². The number of hydrogen-bond acceptors (Lipinski definition) is 3. The molecule has 2 rings (SSSR count). The molecular weight excluding hydrogens is 306 g/mol. The van der Waals surface area contributed by atoms with Crippen LogP contribution in [0, 0.1) is 0 Å². The molecule has 0 amide bonds. The first-order valence-corrected chi connectivity index (χ1v) is 7.16. The van der Waals surface area contributed by atoms with E-state index in [0.29, 0.717) is 6.42 Å². The first kappa shape index (κ1) is 14.3. The summed E-state index contributed by atoms with van der Waals surface area (Å²) >= 11 is 3.44. The molecule has 0 fully saturated rings. The van der Waals surface area contributed by atoms with E-state index in [1.165, 1.54) is 0 Å². The lowest BCUT2D eigenvalue weighted by Crippen LogP contribution is -2.31. The number of aliphatic hydroxyl groups excluding tert-OH is 1. The van der Waals surface area contributed by atoms with Crippen LogP contribution in [0.5, 0.6) is 0 Å². The van der Waals surface area contributed by atoms with Crippen molar-refractivity contribution in [3.8, 4) is 0 Å². The molecule has 0 radical (unpaired) electrons. The Balaban J connectivity index is 2.22. The number of halogens is 1. The Labute approximate surface area is 121 Å². The van der Waals surface area contributed by atoms with Gasteiger partial charge in [0.05, 0.1) is 12.3 Å². The van der Waals surface area contributed by atoms with Gasteiger partial charge in [-0.1, -0.05) is 28.1 Å². The van der Waals surface area contributed by atoms with Gasteiger partial charge in [0.25, 0.3) is 0 Å². The summed E-state index contributed by atoms with van der Waals surface area (Å²) in [5.41, 5.74) is 1.14. The van der Waals surface area contributed by atoms with Gasteiger partial charge in [0, 0.05) is 17.1 Å². The first-order valence-electron chi connectivity index (χ1n) is 6.36. The monoisotopic (exact) mass is 323 g/mol. The third kappa shape index (κ3) is 3.93. The molecule has 0 saturated carbocycles. The number of rotatable bonds is 6. The zero-order valence-corrected chi connectivity index (χ0v) is 12.4. The first-order chi connectivity index (χ1) is 9.20. The molecule has 4 heteroatoms. The van der Waals surface area contributed by atoms with Crippen LogP contribution >= 0.6 is 15.9 Å². The van der Waals surface area contributed by atoms with Gasteiger partial charge in [-0.2, -0.15) is 0 Å². The van der Waals surface area contributed by atoms with E-state index in [4.69, 9.17) is 9.52 Å². The van der Waals surface area contributed by atoms with Crippen LogP contribution in [-0.2, 0) is 0 Å². The lowest BCUT2D eigenvalue weighted by atomic mass is 10.0. The lowest BCUT2D eigenvalue weighted by Gasteiger charge is -2.22. The highest BCUT2D eigenvalue weighted by atomic mass is 79.9. The highest BCUT2D eigenvalue weighted by Gasteiger charge is 2.18. The smallest absolute Gasteiger partial charge is 0.125 e. The zero-order chi connectivity index (χ0) is 13.7. The standard InChI is InChI=1S/C15H18BrNO2/c1-11(8-9-18)17-15(14-3-2-10-19-14)12-4-6-13(16)7-5-12/h2-7,10-11,15,17-18H,8-9H2,1H3/t11-,15+/m0/s1. The highest BCUT2D eigenvalue weighted by molar-refractivity contribution is 9.10. The van der Waals surface area contributed by atoms with Gasteiger partial charge in [0.2, 0.25) is 0 Å². The third-order valence-corrected chi connectivity index (χ3v) is 3.57. The highest BCUT2D eigenvalue weighted by Crippen LogP contribution is 2.24. The van der Waals surface area contributed by atoms with Crippen molar-refractivity contribution >= 4 is 15.9 Å². The molecule has 0 bridgehead atoms. The van der Waals surface area contributed by atoms with Crippen LogP contribution in [0.3, 0.4) is 0 Å².